The molecule has 0 N–H and O–H groups in total. The van der Waals surface area contributed by atoms with Crippen LogP contribution in [0.1, 0.15) is 32.6 Å². The summed E-state index contributed by atoms with van der Waals surface area (Å²) in [5, 5.41) is 1.37. The second-order valence-corrected chi connectivity index (χ2v) is 3.45. The van der Waals surface area contributed by atoms with Gasteiger partial charge in [-0.15, -0.1) is 23.2 Å². The van der Waals surface area contributed by atoms with Gasteiger partial charge in [-0.1, -0.05) is 42.1 Å². The molecule has 0 amide bonds. The number of alkyl halides is 3. The van der Waals surface area contributed by atoms with Gasteiger partial charge in [-0.2, -0.15) is 0 Å². The standard InChI is InChI=1S/C6H13Br.CH2Cl2/c1-2-3-4-5-6-7;2-1-3/h2-6H2,1H3;1H2. The van der Waals surface area contributed by atoms with E-state index in [0.717, 1.165) is 0 Å². The molecule has 0 aliphatic heterocycles. The van der Waals surface area contributed by atoms with Crippen molar-refractivity contribution in [2.45, 2.75) is 32.6 Å². The first kappa shape index (κ1) is 13.6. The van der Waals surface area contributed by atoms with Gasteiger partial charge in [0.25, 0.3) is 0 Å². The fourth-order valence-electron chi connectivity index (χ4n) is 0.521. The van der Waals surface area contributed by atoms with Crippen LogP contribution in [0.3, 0.4) is 0 Å². The molecule has 0 bridgehead atoms. The molecule has 0 saturated carbocycles. The van der Waals surface area contributed by atoms with E-state index in [9.17, 15) is 0 Å². The van der Waals surface area contributed by atoms with Crippen molar-refractivity contribution >= 4 is 39.1 Å². The molecule has 0 radical (unpaired) electrons. The van der Waals surface area contributed by atoms with Gasteiger partial charge in [-0.3, -0.25) is 0 Å². The second-order valence-electron chi connectivity index (χ2n) is 1.85. The lowest BCUT2D eigenvalue weighted by Gasteiger charge is -1.89. The van der Waals surface area contributed by atoms with Crippen molar-refractivity contribution in [1.82, 2.24) is 0 Å². The van der Waals surface area contributed by atoms with Crippen LogP contribution in [0.2, 0.25) is 0 Å². The molecule has 0 saturated heterocycles. The number of hydrogen-bond donors (Lipinski definition) is 0. The van der Waals surface area contributed by atoms with Crippen molar-refractivity contribution < 1.29 is 0 Å². The molecule has 0 rings (SSSR count). The van der Waals surface area contributed by atoms with Crippen LogP contribution >= 0.6 is 39.1 Å². The zero-order valence-corrected chi connectivity index (χ0v) is 9.47. The predicted octanol–water partition coefficient (Wildman–Crippen LogP) is 4.38. The van der Waals surface area contributed by atoms with Crippen molar-refractivity contribution in [3.63, 3.8) is 0 Å². The van der Waals surface area contributed by atoms with Gasteiger partial charge in [0.05, 0.1) is 5.34 Å². The van der Waals surface area contributed by atoms with Crippen molar-refractivity contribution in [3.05, 3.63) is 0 Å². The highest BCUT2D eigenvalue weighted by molar-refractivity contribution is 9.09. The first-order chi connectivity index (χ1) is 4.83. The molecule has 0 fully saturated rings. The maximum absolute atomic E-state index is 4.76. The highest BCUT2D eigenvalue weighted by Crippen LogP contribution is 1.99. The molecule has 0 atom stereocenters. The summed E-state index contributed by atoms with van der Waals surface area (Å²) in [5.41, 5.74) is 0. The Hall–Kier alpha value is 1.06. The van der Waals surface area contributed by atoms with Gasteiger partial charge in [0, 0.05) is 5.33 Å². The van der Waals surface area contributed by atoms with Gasteiger partial charge >= 0.3 is 0 Å². The molecule has 0 unspecified atom stereocenters. The van der Waals surface area contributed by atoms with E-state index in [2.05, 4.69) is 22.9 Å². The first-order valence-corrected chi connectivity index (χ1v) is 5.70. The summed E-state index contributed by atoms with van der Waals surface area (Å²) in [6.07, 6.45) is 5.47. The van der Waals surface area contributed by atoms with Crippen LogP contribution in [0.5, 0.6) is 0 Å². The van der Waals surface area contributed by atoms with Gasteiger partial charge < -0.3 is 0 Å². The van der Waals surface area contributed by atoms with Crippen molar-refractivity contribution in [1.29, 1.82) is 0 Å². The zero-order valence-electron chi connectivity index (χ0n) is 6.38. The summed E-state index contributed by atoms with van der Waals surface area (Å²) in [7, 11) is 0. The van der Waals surface area contributed by atoms with E-state index in [1.54, 1.807) is 0 Å². The lowest BCUT2D eigenvalue weighted by atomic mass is 10.2. The molecule has 0 nitrogen and oxygen atoms in total. The molecule has 64 valence electrons. The molecular weight excluding hydrogens is 235 g/mol. The lowest BCUT2D eigenvalue weighted by Crippen LogP contribution is -1.73. The van der Waals surface area contributed by atoms with E-state index < -0.39 is 0 Å². The van der Waals surface area contributed by atoms with Crippen LogP contribution in [0.15, 0.2) is 0 Å². The average Bonchev–Trinajstić information content (AvgIpc) is 1.91. The van der Waals surface area contributed by atoms with Crippen LogP contribution in [0, 0.1) is 0 Å². The normalized spacial score (nSPS) is 8.40. The summed E-state index contributed by atoms with van der Waals surface area (Å²) in [6.45, 7) is 2.23. The third-order valence-corrected chi connectivity index (χ3v) is 1.55. The van der Waals surface area contributed by atoms with Gasteiger partial charge in [0.15, 0.2) is 0 Å². The fourth-order valence-corrected chi connectivity index (χ4v) is 0.918. The topological polar surface area (TPSA) is 0 Å². The Balaban J connectivity index is 0. The molecule has 0 aromatic carbocycles. The van der Waals surface area contributed by atoms with E-state index >= 15 is 0 Å². The second kappa shape index (κ2) is 16.6. The molecule has 0 spiro atoms. The van der Waals surface area contributed by atoms with E-state index in [-0.39, 0.29) is 5.34 Å². The molecule has 10 heavy (non-hydrogen) atoms. The van der Waals surface area contributed by atoms with Gasteiger partial charge in [0.1, 0.15) is 0 Å². The lowest BCUT2D eigenvalue weighted by molar-refractivity contribution is 0.708. The predicted molar refractivity (Wildman–Crippen MR) is 54.5 cm³/mol. The molecule has 0 heterocycles. The van der Waals surface area contributed by atoms with Crippen LogP contribution in [0.4, 0.5) is 0 Å². The van der Waals surface area contributed by atoms with Crippen molar-refractivity contribution in [3.8, 4) is 0 Å². The number of hydrogen-bond acceptors (Lipinski definition) is 0. The average molecular weight is 250 g/mol. The summed E-state index contributed by atoms with van der Waals surface area (Å²) >= 11 is 12.9. The minimum atomic E-state index is 0.194. The summed E-state index contributed by atoms with van der Waals surface area (Å²) < 4.78 is 0. The van der Waals surface area contributed by atoms with Gasteiger partial charge in [-0.25, -0.2) is 0 Å². The number of unbranched alkanes of at least 4 members (excludes halogenated alkanes) is 3. The minimum Gasteiger partial charge on any atom is -0.109 e. The Morgan fingerprint density at radius 3 is 1.90 bits per heavy atom. The maximum atomic E-state index is 4.76. The quantitative estimate of drug-likeness (QED) is 0.513. The monoisotopic (exact) mass is 248 g/mol. The Bertz CT molecular complexity index is 38.6. The minimum absolute atomic E-state index is 0.194. The summed E-state index contributed by atoms with van der Waals surface area (Å²) in [4.78, 5) is 0. The van der Waals surface area contributed by atoms with Crippen molar-refractivity contribution in [2.24, 2.45) is 0 Å². The van der Waals surface area contributed by atoms with Gasteiger partial charge in [-0.05, 0) is 6.42 Å². The smallest absolute Gasteiger partial charge is 0.0967 e. The number of rotatable bonds is 4. The highest BCUT2D eigenvalue weighted by Gasteiger charge is 1.81. The summed E-state index contributed by atoms with van der Waals surface area (Å²) in [5.74, 6) is 0. The Morgan fingerprint density at radius 2 is 1.60 bits per heavy atom. The Morgan fingerprint density at radius 1 is 1.10 bits per heavy atom. The first-order valence-electron chi connectivity index (χ1n) is 3.51. The molecule has 0 aliphatic rings. The third kappa shape index (κ3) is 23.0. The Kier molecular flexibility index (Phi) is 22.6. The summed E-state index contributed by atoms with van der Waals surface area (Å²) in [6, 6.07) is 0. The van der Waals surface area contributed by atoms with E-state index in [1.165, 1.54) is 31.0 Å². The highest BCUT2D eigenvalue weighted by atomic mass is 79.9. The van der Waals surface area contributed by atoms with Crippen molar-refractivity contribution in [2.75, 3.05) is 10.7 Å². The maximum Gasteiger partial charge on any atom is 0.0967 e. The van der Waals surface area contributed by atoms with Gasteiger partial charge in [0.2, 0.25) is 0 Å². The largest absolute Gasteiger partial charge is 0.109 e. The van der Waals surface area contributed by atoms with Crippen LogP contribution in [0.25, 0.3) is 0 Å². The molecule has 0 aromatic rings. The van der Waals surface area contributed by atoms with E-state index in [4.69, 9.17) is 23.2 Å². The SMILES string of the molecule is CCCCCCBr.ClCCl. The zero-order chi connectivity index (χ0) is 8.24. The number of halogens is 3. The fraction of sp³-hybridized carbons (Fsp3) is 1.00. The molecule has 0 aromatic heterocycles. The molecule has 0 aliphatic carbocycles. The third-order valence-electron chi connectivity index (χ3n) is 0.987. The van der Waals surface area contributed by atoms with Crippen LogP contribution in [-0.2, 0) is 0 Å². The van der Waals surface area contributed by atoms with Crippen LogP contribution in [-0.4, -0.2) is 10.7 Å². The molecule has 3 heteroatoms. The molecular formula is C7H15BrCl2. The van der Waals surface area contributed by atoms with Crippen LogP contribution < -0.4 is 0 Å². The van der Waals surface area contributed by atoms with E-state index in [1.807, 2.05) is 0 Å². The Labute approximate surface area is 82.4 Å². The van der Waals surface area contributed by atoms with E-state index in [0.29, 0.717) is 0 Å².